The quantitative estimate of drug-likeness (QED) is 0.530. The molecule has 0 aliphatic rings. The van der Waals surface area contributed by atoms with Crippen LogP contribution in [0.4, 0.5) is 0 Å². The number of rotatable bonds is 10. The Hall–Kier alpha value is -3.55. The molecule has 2 amide bonds. The molecular formula is C24H30N6O2. The van der Waals surface area contributed by atoms with Crippen molar-refractivity contribution in [3.8, 4) is 11.4 Å². The highest BCUT2D eigenvalue weighted by atomic mass is 16.2. The lowest BCUT2D eigenvalue weighted by atomic mass is 10.1. The summed E-state index contributed by atoms with van der Waals surface area (Å²) < 4.78 is 0. The van der Waals surface area contributed by atoms with E-state index in [0.29, 0.717) is 24.8 Å². The smallest absolute Gasteiger partial charge is 0.247 e. The highest BCUT2D eigenvalue weighted by molar-refractivity contribution is 5.84. The van der Waals surface area contributed by atoms with Gasteiger partial charge in [-0.15, -0.1) is 10.2 Å². The molecule has 1 N–H and O–H groups in total. The molecule has 0 aliphatic heterocycles. The number of aryl methyl sites for hydroxylation is 1. The molecule has 8 heteroatoms. The molecule has 1 heterocycles. The fourth-order valence-electron chi connectivity index (χ4n) is 3.11. The third-order valence-electron chi connectivity index (χ3n) is 4.99. The van der Waals surface area contributed by atoms with Gasteiger partial charge in [-0.3, -0.25) is 9.59 Å². The van der Waals surface area contributed by atoms with Crippen molar-refractivity contribution in [1.82, 2.24) is 30.4 Å². The summed E-state index contributed by atoms with van der Waals surface area (Å²) in [7, 11) is 0. The van der Waals surface area contributed by atoms with Crippen LogP contribution in [-0.4, -0.2) is 50.0 Å². The largest absolute Gasteiger partial charge is 0.355 e. The molecule has 1 aromatic heterocycles. The molecule has 0 unspecified atom stereocenters. The van der Waals surface area contributed by atoms with Crippen LogP contribution in [0.25, 0.3) is 11.4 Å². The number of aromatic nitrogens is 4. The van der Waals surface area contributed by atoms with Crippen molar-refractivity contribution in [1.29, 1.82) is 0 Å². The number of hydrogen-bond acceptors (Lipinski definition) is 5. The topological polar surface area (TPSA) is 93.0 Å². The highest BCUT2D eigenvalue weighted by Crippen LogP contribution is 2.14. The Morgan fingerprint density at radius 1 is 1.06 bits per heavy atom. The molecule has 0 fully saturated rings. The SMILES string of the molecule is Cc1ccc(-c2nnn(CC(=O)N(CC(=O)NCCC(C)C)Cc3ccccc3)n2)cc1. The zero-order valence-electron chi connectivity index (χ0n) is 18.9. The van der Waals surface area contributed by atoms with E-state index in [1.165, 1.54) is 9.70 Å². The molecule has 0 saturated heterocycles. The van der Waals surface area contributed by atoms with Gasteiger partial charge in [0.05, 0.1) is 6.54 Å². The Kier molecular flexibility index (Phi) is 8.08. The van der Waals surface area contributed by atoms with E-state index in [1.807, 2.05) is 61.5 Å². The lowest BCUT2D eigenvalue weighted by Crippen LogP contribution is -2.42. The second-order valence-electron chi connectivity index (χ2n) is 8.28. The van der Waals surface area contributed by atoms with Crippen LogP contribution in [0.5, 0.6) is 0 Å². The maximum absolute atomic E-state index is 13.0. The summed E-state index contributed by atoms with van der Waals surface area (Å²) in [5.41, 5.74) is 2.92. The first-order chi connectivity index (χ1) is 15.4. The van der Waals surface area contributed by atoms with Crippen LogP contribution in [-0.2, 0) is 22.7 Å². The third-order valence-corrected chi connectivity index (χ3v) is 4.99. The number of nitrogens with one attached hydrogen (secondary N) is 1. The normalized spacial score (nSPS) is 10.9. The van der Waals surface area contributed by atoms with Gasteiger partial charge in [-0.25, -0.2) is 0 Å². The Bertz CT molecular complexity index is 1010. The Balaban J connectivity index is 1.67. The van der Waals surface area contributed by atoms with Gasteiger partial charge in [0.25, 0.3) is 0 Å². The second-order valence-corrected chi connectivity index (χ2v) is 8.28. The first-order valence-corrected chi connectivity index (χ1v) is 10.8. The van der Waals surface area contributed by atoms with Gasteiger partial charge in [0.2, 0.25) is 17.6 Å². The van der Waals surface area contributed by atoms with Crippen LogP contribution in [0.3, 0.4) is 0 Å². The Morgan fingerprint density at radius 3 is 2.47 bits per heavy atom. The van der Waals surface area contributed by atoms with E-state index in [0.717, 1.165) is 23.1 Å². The van der Waals surface area contributed by atoms with Gasteiger partial charge in [0.15, 0.2) is 0 Å². The summed E-state index contributed by atoms with van der Waals surface area (Å²) in [6.07, 6.45) is 0.892. The molecule has 3 aromatic rings. The van der Waals surface area contributed by atoms with Gasteiger partial charge >= 0.3 is 0 Å². The maximum atomic E-state index is 13.0. The van der Waals surface area contributed by atoms with E-state index in [-0.39, 0.29) is 24.9 Å². The van der Waals surface area contributed by atoms with Crippen molar-refractivity contribution < 1.29 is 9.59 Å². The molecule has 0 atom stereocenters. The number of amides is 2. The predicted molar refractivity (Wildman–Crippen MR) is 122 cm³/mol. The summed E-state index contributed by atoms with van der Waals surface area (Å²) in [6, 6.07) is 17.4. The number of hydrogen-bond donors (Lipinski definition) is 1. The lowest BCUT2D eigenvalue weighted by molar-refractivity contribution is -0.137. The average Bonchev–Trinajstić information content (AvgIpc) is 3.22. The van der Waals surface area contributed by atoms with Gasteiger partial charge in [-0.1, -0.05) is 74.0 Å². The van der Waals surface area contributed by atoms with E-state index in [9.17, 15) is 9.59 Å². The molecule has 0 bridgehead atoms. The minimum Gasteiger partial charge on any atom is -0.355 e. The lowest BCUT2D eigenvalue weighted by Gasteiger charge is -2.22. The maximum Gasteiger partial charge on any atom is 0.247 e. The summed E-state index contributed by atoms with van der Waals surface area (Å²) in [5, 5.41) is 15.3. The van der Waals surface area contributed by atoms with Gasteiger partial charge in [-0.2, -0.15) is 4.80 Å². The molecule has 0 spiro atoms. The van der Waals surface area contributed by atoms with Crippen LogP contribution >= 0.6 is 0 Å². The number of tetrazole rings is 1. The summed E-state index contributed by atoms with van der Waals surface area (Å²) in [6.45, 7) is 7.02. The van der Waals surface area contributed by atoms with E-state index >= 15 is 0 Å². The first kappa shape index (κ1) is 23.1. The first-order valence-electron chi connectivity index (χ1n) is 10.8. The van der Waals surface area contributed by atoms with Crippen molar-refractivity contribution in [3.63, 3.8) is 0 Å². The molecule has 0 saturated carbocycles. The zero-order chi connectivity index (χ0) is 22.9. The van der Waals surface area contributed by atoms with E-state index in [4.69, 9.17) is 0 Å². The van der Waals surface area contributed by atoms with Gasteiger partial charge < -0.3 is 10.2 Å². The number of nitrogens with zero attached hydrogens (tertiary/aromatic N) is 5. The fourth-order valence-corrected chi connectivity index (χ4v) is 3.11. The third kappa shape index (κ3) is 7.01. The summed E-state index contributed by atoms with van der Waals surface area (Å²) >= 11 is 0. The van der Waals surface area contributed by atoms with Crippen LogP contribution in [0.2, 0.25) is 0 Å². The summed E-state index contributed by atoms with van der Waals surface area (Å²) in [4.78, 5) is 28.3. The van der Waals surface area contributed by atoms with E-state index < -0.39 is 0 Å². The van der Waals surface area contributed by atoms with Crippen molar-refractivity contribution in [2.45, 2.75) is 40.3 Å². The molecule has 168 valence electrons. The van der Waals surface area contributed by atoms with Crippen molar-refractivity contribution in [2.24, 2.45) is 5.92 Å². The summed E-state index contributed by atoms with van der Waals surface area (Å²) in [5.74, 6) is 0.528. The highest BCUT2D eigenvalue weighted by Gasteiger charge is 2.19. The monoisotopic (exact) mass is 434 g/mol. The average molecular weight is 435 g/mol. The Morgan fingerprint density at radius 2 is 1.78 bits per heavy atom. The minimum atomic E-state index is -0.249. The molecule has 0 radical (unpaired) electrons. The van der Waals surface area contributed by atoms with Crippen LogP contribution in [0, 0.1) is 12.8 Å². The second kappa shape index (κ2) is 11.2. The predicted octanol–water partition coefficient (Wildman–Crippen LogP) is 2.84. The van der Waals surface area contributed by atoms with Crippen LogP contribution < -0.4 is 5.32 Å². The number of carbonyl (C=O) groups is 2. The van der Waals surface area contributed by atoms with E-state index in [2.05, 4.69) is 34.6 Å². The number of carbonyl (C=O) groups excluding carboxylic acids is 2. The van der Waals surface area contributed by atoms with Crippen LogP contribution in [0.1, 0.15) is 31.4 Å². The minimum absolute atomic E-state index is 0.0225. The van der Waals surface area contributed by atoms with Gasteiger partial charge in [0, 0.05) is 18.7 Å². The fraction of sp³-hybridized carbons (Fsp3) is 0.375. The zero-order valence-corrected chi connectivity index (χ0v) is 18.9. The van der Waals surface area contributed by atoms with Crippen LogP contribution in [0.15, 0.2) is 54.6 Å². The molecular weight excluding hydrogens is 404 g/mol. The molecule has 3 rings (SSSR count). The Labute approximate surface area is 188 Å². The van der Waals surface area contributed by atoms with E-state index in [1.54, 1.807) is 0 Å². The molecule has 32 heavy (non-hydrogen) atoms. The molecule has 0 aliphatic carbocycles. The van der Waals surface area contributed by atoms with Crippen molar-refractivity contribution in [3.05, 3.63) is 65.7 Å². The van der Waals surface area contributed by atoms with Crippen molar-refractivity contribution in [2.75, 3.05) is 13.1 Å². The van der Waals surface area contributed by atoms with Gasteiger partial charge in [-0.05, 0) is 30.0 Å². The van der Waals surface area contributed by atoms with Crippen molar-refractivity contribution >= 4 is 11.8 Å². The standard InChI is InChI=1S/C24H30N6O2/c1-18(2)13-14-25-22(31)16-29(15-20-7-5-4-6-8-20)23(32)17-30-27-24(26-28-30)21-11-9-19(3)10-12-21/h4-12,18H,13-17H2,1-3H3,(H,25,31). The molecule has 2 aromatic carbocycles. The molecule has 8 nitrogen and oxygen atoms in total. The van der Waals surface area contributed by atoms with Gasteiger partial charge in [0.1, 0.15) is 6.54 Å². The number of benzene rings is 2.